The van der Waals surface area contributed by atoms with Crippen molar-refractivity contribution in [2.45, 2.75) is 19.9 Å². The van der Waals surface area contributed by atoms with Gasteiger partial charge in [-0.05, 0) is 36.2 Å². The molecule has 3 rings (SSSR count). The summed E-state index contributed by atoms with van der Waals surface area (Å²) >= 11 is 0. The predicted octanol–water partition coefficient (Wildman–Crippen LogP) is 2.47. The molecule has 0 aliphatic heterocycles. The van der Waals surface area contributed by atoms with Gasteiger partial charge >= 0.3 is 0 Å². The first-order chi connectivity index (χ1) is 14.4. The Morgan fingerprint density at radius 2 is 2.03 bits per heavy atom. The number of nitrogens with zero attached hydrogens (tertiary/aromatic N) is 3. The second-order valence-electron chi connectivity index (χ2n) is 6.95. The fourth-order valence-electron chi connectivity index (χ4n) is 2.68. The van der Waals surface area contributed by atoms with Crippen LogP contribution in [0.25, 0.3) is 11.4 Å². The lowest BCUT2D eigenvalue weighted by molar-refractivity contribution is -0.130. The Labute approximate surface area is 175 Å². The van der Waals surface area contributed by atoms with Crippen LogP contribution in [0.4, 0.5) is 5.82 Å². The number of H-pyrrole nitrogens is 1. The van der Waals surface area contributed by atoms with Crippen molar-refractivity contribution in [3.05, 3.63) is 70.3 Å². The molecule has 1 aromatic carbocycles. The molecule has 30 heavy (non-hydrogen) atoms. The molecule has 1 amide bonds. The molecule has 8 heteroatoms. The number of amides is 1. The van der Waals surface area contributed by atoms with Crippen molar-refractivity contribution in [1.29, 1.82) is 0 Å². The summed E-state index contributed by atoms with van der Waals surface area (Å²) in [5.41, 5.74) is 2.31. The number of ether oxygens (including phenoxy) is 1. The van der Waals surface area contributed by atoms with Gasteiger partial charge < -0.3 is 19.9 Å². The zero-order valence-corrected chi connectivity index (χ0v) is 17.3. The van der Waals surface area contributed by atoms with Crippen molar-refractivity contribution in [1.82, 2.24) is 19.9 Å². The summed E-state index contributed by atoms with van der Waals surface area (Å²) < 4.78 is 5.54. The van der Waals surface area contributed by atoms with Crippen LogP contribution in [-0.2, 0) is 17.8 Å². The number of aryl methyl sites for hydroxylation is 1. The minimum absolute atomic E-state index is 0.00224. The van der Waals surface area contributed by atoms with E-state index in [1.807, 2.05) is 43.3 Å². The van der Waals surface area contributed by atoms with Gasteiger partial charge in [0.2, 0.25) is 0 Å². The van der Waals surface area contributed by atoms with E-state index >= 15 is 0 Å². The molecule has 0 atom stereocenters. The number of hydrogen-bond donors (Lipinski definition) is 2. The second-order valence-corrected chi connectivity index (χ2v) is 6.95. The standard InChI is InChI=1S/C22H25N5O3/c1-4-17-11-20(28)26-22(25-17)16-8-9-19(24-13-16)23-12-15-6-5-7-18(10-15)30-14-21(29)27(2)3/h5-11,13H,4,12,14H2,1-3H3,(H,23,24)(H,25,26,28). The van der Waals surface area contributed by atoms with E-state index in [-0.39, 0.29) is 18.1 Å². The van der Waals surface area contributed by atoms with Gasteiger partial charge in [0.15, 0.2) is 6.61 Å². The van der Waals surface area contributed by atoms with Crippen molar-refractivity contribution in [2.24, 2.45) is 0 Å². The Hall–Kier alpha value is -3.68. The third-order valence-corrected chi connectivity index (χ3v) is 4.43. The van der Waals surface area contributed by atoms with E-state index in [0.717, 1.165) is 16.8 Å². The van der Waals surface area contributed by atoms with Crippen LogP contribution in [0.3, 0.4) is 0 Å². The third kappa shape index (κ3) is 5.66. The minimum atomic E-state index is -0.173. The maximum Gasteiger partial charge on any atom is 0.259 e. The van der Waals surface area contributed by atoms with Crippen molar-refractivity contribution >= 4 is 11.7 Å². The van der Waals surface area contributed by atoms with Crippen LogP contribution in [0.1, 0.15) is 18.2 Å². The van der Waals surface area contributed by atoms with Crippen LogP contribution >= 0.6 is 0 Å². The van der Waals surface area contributed by atoms with Crippen molar-refractivity contribution in [2.75, 3.05) is 26.0 Å². The molecular formula is C22H25N5O3. The number of hydrogen-bond acceptors (Lipinski definition) is 6. The molecule has 2 N–H and O–H groups in total. The van der Waals surface area contributed by atoms with Crippen molar-refractivity contribution in [3.63, 3.8) is 0 Å². The Morgan fingerprint density at radius 1 is 1.20 bits per heavy atom. The van der Waals surface area contributed by atoms with E-state index in [0.29, 0.717) is 30.4 Å². The summed E-state index contributed by atoms with van der Waals surface area (Å²) in [7, 11) is 3.39. The highest BCUT2D eigenvalue weighted by molar-refractivity contribution is 5.77. The Morgan fingerprint density at radius 3 is 2.73 bits per heavy atom. The molecule has 156 valence electrons. The minimum Gasteiger partial charge on any atom is -0.484 e. The zero-order chi connectivity index (χ0) is 21.5. The summed E-state index contributed by atoms with van der Waals surface area (Å²) in [5.74, 6) is 1.75. The second kappa shape index (κ2) is 9.69. The quantitative estimate of drug-likeness (QED) is 0.595. The zero-order valence-electron chi connectivity index (χ0n) is 17.3. The number of likely N-dealkylation sites (N-methyl/N-ethyl adjacent to an activating group) is 1. The Balaban J connectivity index is 1.61. The molecule has 3 aromatic rings. The molecule has 0 spiro atoms. The van der Waals surface area contributed by atoms with E-state index in [1.165, 1.54) is 11.0 Å². The topological polar surface area (TPSA) is 100 Å². The van der Waals surface area contributed by atoms with Crippen LogP contribution in [0, 0.1) is 0 Å². The maximum atomic E-state index is 11.8. The smallest absolute Gasteiger partial charge is 0.259 e. The highest BCUT2D eigenvalue weighted by Gasteiger charge is 2.06. The van der Waals surface area contributed by atoms with Crippen LogP contribution in [-0.4, -0.2) is 46.5 Å². The number of nitrogens with one attached hydrogen (secondary N) is 2. The summed E-state index contributed by atoms with van der Waals surface area (Å²) in [6.45, 7) is 2.50. The Kier molecular flexibility index (Phi) is 6.79. The van der Waals surface area contributed by atoms with Crippen molar-refractivity contribution < 1.29 is 9.53 Å². The van der Waals surface area contributed by atoms with Gasteiger partial charge in [-0.15, -0.1) is 0 Å². The largest absolute Gasteiger partial charge is 0.484 e. The molecule has 2 aromatic heterocycles. The molecule has 0 radical (unpaired) electrons. The highest BCUT2D eigenvalue weighted by atomic mass is 16.5. The normalized spacial score (nSPS) is 10.5. The Bertz CT molecular complexity index is 1060. The van der Waals surface area contributed by atoms with Gasteiger partial charge in [-0.2, -0.15) is 0 Å². The lowest BCUT2D eigenvalue weighted by Crippen LogP contribution is -2.27. The highest BCUT2D eigenvalue weighted by Crippen LogP contribution is 2.17. The van der Waals surface area contributed by atoms with E-state index < -0.39 is 0 Å². The number of aromatic nitrogens is 3. The van der Waals surface area contributed by atoms with Gasteiger partial charge in [0.1, 0.15) is 17.4 Å². The number of carbonyl (C=O) groups excluding carboxylic acids is 1. The van der Waals surface area contributed by atoms with Crippen LogP contribution < -0.4 is 15.6 Å². The van der Waals surface area contributed by atoms with Crippen LogP contribution in [0.5, 0.6) is 5.75 Å². The monoisotopic (exact) mass is 407 g/mol. The summed E-state index contributed by atoms with van der Waals surface area (Å²) in [4.78, 5) is 36.5. The molecule has 0 saturated heterocycles. The molecule has 8 nitrogen and oxygen atoms in total. The molecule has 0 bridgehead atoms. The number of carbonyl (C=O) groups is 1. The van der Waals surface area contributed by atoms with Crippen LogP contribution in [0.15, 0.2) is 53.5 Å². The van der Waals surface area contributed by atoms with E-state index in [1.54, 1.807) is 20.3 Å². The van der Waals surface area contributed by atoms with Gasteiger partial charge in [-0.1, -0.05) is 19.1 Å². The molecule has 0 aliphatic carbocycles. The lowest BCUT2D eigenvalue weighted by atomic mass is 10.2. The molecule has 0 saturated carbocycles. The fraction of sp³-hybridized carbons (Fsp3) is 0.273. The summed E-state index contributed by atoms with van der Waals surface area (Å²) in [6.07, 6.45) is 2.36. The number of anilines is 1. The number of pyridine rings is 1. The number of aromatic amines is 1. The van der Waals surface area contributed by atoms with E-state index in [9.17, 15) is 9.59 Å². The SMILES string of the molecule is CCc1cc(=O)[nH]c(-c2ccc(NCc3cccc(OCC(=O)N(C)C)c3)nc2)n1. The predicted molar refractivity (Wildman–Crippen MR) is 115 cm³/mol. The molecule has 0 unspecified atom stereocenters. The van der Waals surface area contributed by atoms with E-state index in [4.69, 9.17) is 4.74 Å². The van der Waals surface area contributed by atoms with Gasteiger partial charge in [-0.3, -0.25) is 9.59 Å². The molecule has 0 aliphatic rings. The summed E-state index contributed by atoms with van der Waals surface area (Å²) in [6, 6.07) is 12.7. The van der Waals surface area contributed by atoms with E-state index in [2.05, 4.69) is 20.3 Å². The van der Waals surface area contributed by atoms with Gasteiger partial charge in [0.05, 0.1) is 0 Å². The fourth-order valence-corrected chi connectivity index (χ4v) is 2.68. The number of rotatable bonds is 8. The van der Waals surface area contributed by atoms with Crippen molar-refractivity contribution in [3.8, 4) is 17.1 Å². The maximum absolute atomic E-state index is 11.8. The third-order valence-electron chi connectivity index (χ3n) is 4.43. The van der Waals surface area contributed by atoms with Crippen LogP contribution in [0.2, 0.25) is 0 Å². The van der Waals surface area contributed by atoms with Gasteiger partial charge in [0.25, 0.3) is 11.5 Å². The molecule has 2 heterocycles. The molecular weight excluding hydrogens is 382 g/mol. The first-order valence-electron chi connectivity index (χ1n) is 9.67. The summed E-state index contributed by atoms with van der Waals surface area (Å²) in [5, 5.41) is 3.25. The average Bonchev–Trinajstić information content (AvgIpc) is 2.76. The average molecular weight is 407 g/mol. The number of benzene rings is 1. The first-order valence-corrected chi connectivity index (χ1v) is 9.67. The van der Waals surface area contributed by atoms with Gasteiger partial charge in [-0.25, -0.2) is 9.97 Å². The lowest BCUT2D eigenvalue weighted by Gasteiger charge is -2.12. The molecule has 0 fully saturated rings. The first kappa shape index (κ1) is 21.0. The van der Waals surface area contributed by atoms with Gasteiger partial charge in [0, 0.05) is 44.2 Å².